The maximum atomic E-state index is 13.8. The van der Waals surface area contributed by atoms with E-state index in [2.05, 4.69) is 29.2 Å². The molecule has 8 heteroatoms. The van der Waals surface area contributed by atoms with Gasteiger partial charge in [0.1, 0.15) is 0 Å². The van der Waals surface area contributed by atoms with Gasteiger partial charge < -0.3 is 10.1 Å². The van der Waals surface area contributed by atoms with Gasteiger partial charge in [-0.15, -0.1) is 0 Å². The first-order valence-electron chi connectivity index (χ1n) is 11.7. The number of anilines is 1. The highest BCUT2D eigenvalue weighted by atomic mass is 19.2. The lowest BCUT2D eigenvalue weighted by molar-refractivity contribution is -0.0704. The molecular formula is C26H28F2N4O2. The van der Waals surface area contributed by atoms with E-state index in [1.165, 1.54) is 6.07 Å². The molecule has 2 unspecified atom stereocenters. The van der Waals surface area contributed by atoms with Gasteiger partial charge in [0.25, 0.3) is 5.91 Å². The minimum Gasteiger partial charge on any atom is -0.373 e. The van der Waals surface area contributed by atoms with Gasteiger partial charge in [-0.05, 0) is 56.9 Å². The van der Waals surface area contributed by atoms with Gasteiger partial charge in [0.15, 0.2) is 17.3 Å². The molecule has 0 bridgehead atoms. The highest BCUT2D eigenvalue weighted by Gasteiger charge is 2.28. The van der Waals surface area contributed by atoms with E-state index in [0.29, 0.717) is 17.9 Å². The van der Waals surface area contributed by atoms with Crippen molar-refractivity contribution in [2.45, 2.75) is 51.9 Å². The van der Waals surface area contributed by atoms with Gasteiger partial charge in [-0.3, -0.25) is 9.69 Å². The molecule has 2 aliphatic rings. The standard InChI is InChI=1S/C26H28F2N4O2/c1-16-13-31(14-17(2)34-16)15-18-6-3-4-8-23(18)29-26(33)25-20-7-5-9-24(20)32(30-25)19-10-11-21(27)22(28)12-19/h3-4,6,8,10-12,16-17H,5,7,9,13-15H2,1-2H3,(H,29,33). The monoisotopic (exact) mass is 466 g/mol. The van der Waals surface area contributed by atoms with Crippen molar-refractivity contribution >= 4 is 11.6 Å². The summed E-state index contributed by atoms with van der Waals surface area (Å²) in [5.41, 5.74) is 4.26. The molecule has 6 nitrogen and oxygen atoms in total. The van der Waals surface area contributed by atoms with Crippen LogP contribution < -0.4 is 5.32 Å². The van der Waals surface area contributed by atoms with Gasteiger partial charge in [0.05, 0.1) is 17.9 Å². The maximum absolute atomic E-state index is 13.8. The van der Waals surface area contributed by atoms with E-state index in [-0.39, 0.29) is 18.1 Å². The van der Waals surface area contributed by atoms with Crippen molar-refractivity contribution in [2.75, 3.05) is 18.4 Å². The molecule has 1 aliphatic heterocycles. The second-order valence-corrected chi connectivity index (χ2v) is 9.20. The second kappa shape index (κ2) is 9.27. The number of hydrogen-bond donors (Lipinski definition) is 1. The van der Waals surface area contributed by atoms with E-state index in [4.69, 9.17) is 4.74 Å². The van der Waals surface area contributed by atoms with Crippen LogP contribution in [0.4, 0.5) is 14.5 Å². The molecule has 3 aromatic rings. The molecule has 0 saturated carbocycles. The van der Waals surface area contributed by atoms with Crippen LogP contribution in [0.1, 0.15) is 47.6 Å². The van der Waals surface area contributed by atoms with Gasteiger partial charge >= 0.3 is 0 Å². The third kappa shape index (κ3) is 4.48. The Labute approximate surface area is 197 Å². The zero-order valence-corrected chi connectivity index (χ0v) is 19.4. The van der Waals surface area contributed by atoms with Crippen molar-refractivity contribution in [3.05, 3.63) is 76.6 Å². The van der Waals surface area contributed by atoms with Crippen LogP contribution in [-0.4, -0.2) is 45.9 Å². The smallest absolute Gasteiger partial charge is 0.276 e. The summed E-state index contributed by atoms with van der Waals surface area (Å²) in [5.74, 6) is -2.15. The number of morpholine rings is 1. The highest BCUT2D eigenvalue weighted by Crippen LogP contribution is 2.29. The molecule has 0 spiro atoms. The molecule has 1 aliphatic carbocycles. The lowest BCUT2D eigenvalue weighted by atomic mass is 10.1. The zero-order chi connectivity index (χ0) is 23.8. The summed E-state index contributed by atoms with van der Waals surface area (Å²) in [5, 5.41) is 7.57. The average Bonchev–Trinajstić information content (AvgIpc) is 3.39. The number of benzene rings is 2. The molecule has 1 amide bonds. The zero-order valence-electron chi connectivity index (χ0n) is 19.4. The van der Waals surface area contributed by atoms with E-state index < -0.39 is 11.6 Å². The fourth-order valence-electron chi connectivity index (χ4n) is 5.07. The molecule has 178 valence electrons. The number of amides is 1. The fraction of sp³-hybridized carbons (Fsp3) is 0.385. The van der Waals surface area contributed by atoms with Crippen LogP contribution in [0.5, 0.6) is 0 Å². The SMILES string of the molecule is CC1CN(Cc2ccccc2NC(=O)c2nn(-c3ccc(F)c(F)c3)c3c2CCC3)CC(C)O1. The summed E-state index contributed by atoms with van der Waals surface area (Å²) in [6, 6.07) is 11.4. The summed E-state index contributed by atoms with van der Waals surface area (Å²) in [6.07, 6.45) is 2.67. The number of aromatic nitrogens is 2. The Hall–Kier alpha value is -3.10. The van der Waals surface area contributed by atoms with Crippen molar-refractivity contribution in [1.29, 1.82) is 0 Å². The first kappa shape index (κ1) is 22.7. The summed E-state index contributed by atoms with van der Waals surface area (Å²) in [4.78, 5) is 15.7. The molecule has 0 radical (unpaired) electrons. The Morgan fingerprint density at radius 1 is 1.09 bits per heavy atom. The number of para-hydroxylation sites is 1. The van der Waals surface area contributed by atoms with Gasteiger partial charge in [0, 0.05) is 42.6 Å². The number of rotatable bonds is 5. The van der Waals surface area contributed by atoms with Crippen molar-refractivity contribution in [2.24, 2.45) is 0 Å². The summed E-state index contributed by atoms with van der Waals surface area (Å²) < 4.78 is 34.7. The summed E-state index contributed by atoms with van der Waals surface area (Å²) in [6.45, 7) is 6.51. The molecule has 34 heavy (non-hydrogen) atoms. The number of carbonyl (C=O) groups excluding carboxylic acids is 1. The van der Waals surface area contributed by atoms with Crippen LogP contribution in [-0.2, 0) is 24.1 Å². The third-order valence-corrected chi connectivity index (χ3v) is 6.45. The summed E-state index contributed by atoms with van der Waals surface area (Å²) >= 11 is 0. The second-order valence-electron chi connectivity index (χ2n) is 9.20. The van der Waals surface area contributed by atoms with Crippen molar-refractivity contribution < 1.29 is 18.3 Å². The van der Waals surface area contributed by atoms with E-state index in [0.717, 1.165) is 67.0 Å². The van der Waals surface area contributed by atoms with Crippen molar-refractivity contribution in [3.8, 4) is 5.69 Å². The summed E-state index contributed by atoms with van der Waals surface area (Å²) in [7, 11) is 0. The van der Waals surface area contributed by atoms with E-state index in [1.54, 1.807) is 4.68 Å². The lowest BCUT2D eigenvalue weighted by Gasteiger charge is -2.35. The van der Waals surface area contributed by atoms with E-state index in [1.807, 2.05) is 24.3 Å². The third-order valence-electron chi connectivity index (χ3n) is 6.45. The lowest BCUT2D eigenvalue weighted by Crippen LogP contribution is -2.44. The van der Waals surface area contributed by atoms with Crippen LogP contribution in [0.2, 0.25) is 0 Å². The number of nitrogens with zero attached hydrogens (tertiary/aromatic N) is 3. The molecule has 2 atom stereocenters. The average molecular weight is 467 g/mol. The molecule has 2 aromatic carbocycles. The van der Waals surface area contributed by atoms with Crippen LogP contribution in [0.25, 0.3) is 5.69 Å². The molecule has 5 rings (SSSR count). The maximum Gasteiger partial charge on any atom is 0.276 e. The van der Waals surface area contributed by atoms with Crippen molar-refractivity contribution in [3.63, 3.8) is 0 Å². The van der Waals surface area contributed by atoms with Gasteiger partial charge in [-0.1, -0.05) is 18.2 Å². The first-order chi connectivity index (χ1) is 16.4. The number of hydrogen-bond acceptors (Lipinski definition) is 4. The number of carbonyl (C=O) groups is 1. The van der Waals surface area contributed by atoms with Crippen LogP contribution >= 0.6 is 0 Å². The number of fused-ring (bicyclic) bond motifs is 1. The Balaban J connectivity index is 1.40. The number of ether oxygens (including phenoxy) is 1. The Kier molecular flexibility index (Phi) is 6.18. The molecule has 2 heterocycles. The quantitative estimate of drug-likeness (QED) is 0.602. The molecular weight excluding hydrogens is 438 g/mol. The van der Waals surface area contributed by atoms with E-state index >= 15 is 0 Å². The predicted molar refractivity (Wildman–Crippen MR) is 125 cm³/mol. The number of halogens is 2. The first-order valence-corrected chi connectivity index (χ1v) is 11.7. The van der Waals surface area contributed by atoms with Crippen molar-refractivity contribution in [1.82, 2.24) is 14.7 Å². The molecule has 1 aromatic heterocycles. The van der Waals surface area contributed by atoms with Crippen LogP contribution in [0.3, 0.4) is 0 Å². The Morgan fingerprint density at radius 3 is 2.62 bits per heavy atom. The van der Waals surface area contributed by atoms with Crippen LogP contribution in [0, 0.1) is 11.6 Å². The number of nitrogens with one attached hydrogen (secondary N) is 1. The minimum atomic E-state index is -0.938. The minimum absolute atomic E-state index is 0.161. The van der Waals surface area contributed by atoms with Gasteiger partial charge in [-0.25, -0.2) is 13.5 Å². The molecule has 1 saturated heterocycles. The van der Waals surface area contributed by atoms with Gasteiger partial charge in [-0.2, -0.15) is 5.10 Å². The topological polar surface area (TPSA) is 59.4 Å². The fourth-order valence-corrected chi connectivity index (χ4v) is 5.07. The van der Waals surface area contributed by atoms with E-state index in [9.17, 15) is 13.6 Å². The predicted octanol–water partition coefficient (Wildman–Crippen LogP) is 4.50. The molecule has 1 fully saturated rings. The Bertz CT molecular complexity index is 1220. The molecule has 1 N–H and O–H groups in total. The largest absolute Gasteiger partial charge is 0.373 e. The van der Waals surface area contributed by atoms with Gasteiger partial charge in [0.2, 0.25) is 0 Å². The van der Waals surface area contributed by atoms with Crippen LogP contribution in [0.15, 0.2) is 42.5 Å². The highest BCUT2D eigenvalue weighted by molar-refractivity contribution is 6.04. The Morgan fingerprint density at radius 2 is 1.85 bits per heavy atom. The normalized spacial score (nSPS) is 20.4.